The number of ether oxygens (including phenoxy) is 1. The smallest absolute Gasteiger partial charge is 0.239 e. The van der Waals surface area contributed by atoms with Crippen LogP contribution in [0.1, 0.15) is 5.56 Å². The van der Waals surface area contributed by atoms with Crippen molar-refractivity contribution in [2.24, 2.45) is 5.92 Å². The maximum absolute atomic E-state index is 11.7. The Bertz CT molecular complexity index is 479. The molecule has 1 fully saturated rings. The summed E-state index contributed by atoms with van der Waals surface area (Å²) < 4.78 is 5.04. The number of rotatable bonds is 3. The Hall–Kier alpha value is -1.95. The van der Waals surface area contributed by atoms with Gasteiger partial charge >= 0.3 is 0 Å². The van der Waals surface area contributed by atoms with Crippen LogP contribution in [-0.2, 0) is 16.0 Å². The third-order valence-electron chi connectivity index (χ3n) is 2.71. The van der Waals surface area contributed by atoms with E-state index in [0.717, 1.165) is 11.3 Å². The molecule has 0 radical (unpaired) electrons. The Kier molecular flexibility index (Phi) is 3.57. The fourth-order valence-electron chi connectivity index (χ4n) is 1.73. The average molecular weight is 264 g/mol. The van der Waals surface area contributed by atoms with Crippen molar-refractivity contribution in [1.82, 2.24) is 10.6 Å². The summed E-state index contributed by atoms with van der Waals surface area (Å²) in [5.41, 5.74) is 0.888. The van der Waals surface area contributed by atoms with Crippen LogP contribution in [0.15, 0.2) is 24.3 Å². The van der Waals surface area contributed by atoms with E-state index < -0.39 is 5.92 Å². The Morgan fingerprint density at radius 3 is 2.22 bits per heavy atom. The van der Waals surface area contributed by atoms with Gasteiger partial charge in [0.2, 0.25) is 11.8 Å². The first kappa shape index (κ1) is 12.5. The summed E-state index contributed by atoms with van der Waals surface area (Å²) in [6.45, 7) is 0. The van der Waals surface area contributed by atoms with Crippen molar-refractivity contribution >= 4 is 29.1 Å². The molecule has 1 saturated heterocycles. The van der Waals surface area contributed by atoms with Crippen molar-refractivity contribution in [3.05, 3.63) is 29.8 Å². The number of methoxy groups -OCH3 is 1. The Labute approximate surface area is 110 Å². The summed E-state index contributed by atoms with van der Waals surface area (Å²) in [7, 11) is 1.58. The first-order valence-electron chi connectivity index (χ1n) is 5.39. The van der Waals surface area contributed by atoms with Crippen molar-refractivity contribution in [3.63, 3.8) is 0 Å². The molecule has 1 aliphatic heterocycles. The molecule has 0 atom stereocenters. The second-order valence-corrected chi connectivity index (χ2v) is 4.32. The first-order chi connectivity index (χ1) is 8.60. The first-order valence-corrected chi connectivity index (χ1v) is 5.79. The van der Waals surface area contributed by atoms with Crippen LogP contribution in [0.3, 0.4) is 0 Å². The van der Waals surface area contributed by atoms with Gasteiger partial charge in [-0.2, -0.15) is 0 Å². The lowest BCUT2D eigenvalue weighted by Gasteiger charge is -2.22. The van der Waals surface area contributed by atoms with Crippen LogP contribution in [0, 0.1) is 5.92 Å². The summed E-state index contributed by atoms with van der Waals surface area (Å²) >= 11 is 4.73. The molecule has 94 valence electrons. The molecular formula is C12H12N2O3S. The van der Waals surface area contributed by atoms with Crippen LogP contribution in [-0.4, -0.2) is 24.0 Å². The van der Waals surface area contributed by atoms with Gasteiger partial charge in [-0.25, -0.2) is 0 Å². The van der Waals surface area contributed by atoms with Crippen molar-refractivity contribution in [3.8, 4) is 5.75 Å². The summed E-state index contributed by atoms with van der Waals surface area (Å²) in [4.78, 5) is 23.3. The van der Waals surface area contributed by atoms with Gasteiger partial charge in [0.1, 0.15) is 11.7 Å². The minimum atomic E-state index is -0.745. The van der Waals surface area contributed by atoms with Gasteiger partial charge in [-0.1, -0.05) is 12.1 Å². The third kappa shape index (κ3) is 2.65. The van der Waals surface area contributed by atoms with E-state index in [0.29, 0.717) is 6.42 Å². The molecule has 0 spiro atoms. The van der Waals surface area contributed by atoms with E-state index in [9.17, 15) is 9.59 Å². The third-order valence-corrected chi connectivity index (χ3v) is 2.91. The number of carbonyl (C=O) groups is 2. The molecule has 1 aliphatic rings. The van der Waals surface area contributed by atoms with E-state index in [1.807, 2.05) is 12.1 Å². The molecular weight excluding hydrogens is 252 g/mol. The molecule has 5 nitrogen and oxygen atoms in total. The van der Waals surface area contributed by atoms with E-state index in [1.165, 1.54) is 0 Å². The molecule has 1 heterocycles. The standard InChI is InChI=1S/C12H12N2O3S/c1-17-8-4-2-7(3-5-8)6-9-10(15)13-12(18)14-11(9)16/h2-5,9H,6H2,1H3,(H2,13,14,15,16,18). The molecule has 2 rings (SSSR count). The number of amides is 2. The highest BCUT2D eigenvalue weighted by atomic mass is 32.1. The molecule has 0 aliphatic carbocycles. The number of carbonyl (C=O) groups excluding carboxylic acids is 2. The highest BCUT2D eigenvalue weighted by Crippen LogP contribution is 2.16. The zero-order chi connectivity index (χ0) is 13.1. The summed E-state index contributed by atoms with van der Waals surface area (Å²) in [6, 6.07) is 7.23. The second kappa shape index (κ2) is 5.14. The maximum Gasteiger partial charge on any atom is 0.239 e. The largest absolute Gasteiger partial charge is 0.497 e. The highest BCUT2D eigenvalue weighted by Gasteiger charge is 2.32. The lowest BCUT2D eigenvalue weighted by Crippen LogP contribution is -2.56. The van der Waals surface area contributed by atoms with Gasteiger partial charge in [-0.3, -0.25) is 9.59 Å². The number of hydrogen-bond donors (Lipinski definition) is 2. The van der Waals surface area contributed by atoms with Gasteiger partial charge < -0.3 is 15.4 Å². The summed E-state index contributed by atoms with van der Waals surface area (Å²) in [5, 5.41) is 4.94. The normalized spacial score (nSPS) is 16.2. The topological polar surface area (TPSA) is 67.4 Å². The molecule has 2 amide bonds. The highest BCUT2D eigenvalue weighted by molar-refractivity contribution is 7.80. The quantitative estimate of drug-likeness (QED) is 0.612. The van der Waals surface area contributed by atoms with Crippen LogP contribution in [0.5, 0.6) is 5.75 Å². The molecule has 2 N–H and O–H groups in total. The van der Waals surface area contributed by atoms with Crippen LogP contribution < -0.4 is 15.4 Å². The number of hydrogen-bond acceptors (Lipinski definition) is 4. The summed E-state index contributed by atoms with van der Waals surface area (Å²) in [6.07, 6.45) is 0.338. The lowest BCUT2D eigenvalue weighted by molar-refractivity contribution is -0.135. The fourth-order valence-corrected chi connectivity index (χ4v) is 1.93. The molecule has 0 bridgehead atoms. The molecule has 6 heteroatoms. The Morgan fingerprint density at radius 1 is 1.17 bits per heavy atom. The predicted octanol–water partition coefficient (Wildman–Crippen LogP) is 0.385. The molecule has 0 aromatic heterocycles. The van der Waals surface area contributed by atoms with Gasteiger partial charge in [-0.15, -0.1) is 0 Å². The van der Waals surface area contributed by atoms with Crippen LogP contribution in [0.25, 0.3) is 0 Å². The number of thiocarbonyl (C=S) groups is 1. The Morgan fingerprint density at radius 2 is 1.72 bits per heavy atom. The SMILES string of the molecule is COc1ccc(CC2C(=O)NC(=S)NC2=O)cc1. The minimum absolute atomic E-state index is 0.0657. The Balaban J connectivity index is 2.10. The fraction of sp³-hybridized carbons (Fsp3) is 0.250. The van der Waals surface area contributed by atoms with Gasteiger partial charge in [0, 0.05) is 0 Å². The number of benzene rings is 1. The molecule has 0 saturated carbocycles. The van der Waals surface area contributed by atoms with Gasteiger partial charge in [-0.05, 0) is 36.3 Å². The minimum Gasteiger partial charge on any atom is -0.497 e. The predicted molar refractivity (Wildman–Crippen MR) is 69.1 cm³/mol. The van der Waals surface area contributed by atoms with Gasteiger partial charge in [0.05, 0.1) is 7.11 Å². The van der Waals surface area contributed by atoms with Gasteiger partial charge in [0.25, 0.3) is 0 Å². The van der Waals surface area contributed by atoms with Crippen molar-refractivity contribution in [1.29, 1.82) is 0 Å². The molecule has 1 aromatic rings. The average Bonchev–Trinajstić information content (AvgIpc) is 2.34. The second-order valence-electron chi connectivity index (χ2n) is 3.91. The monoisotopic (exact) mass is 264 g/mol. The number of nitrogens with one attached hydrogen (secondary N) is 2. The zero-order valence-electron chi connectivity index (χ0n) is 9.73. The van der Waals surface area contributed by atoms with E-state index in [4.69, 9.17) is 17.0 Å². The van der Waals surface area contributed by atoms with E-state index in [1.54, 1.807) is 19.2 Å². The van der Waals surface area contributed by atoms with E-state index in [-0.39, 0.29) is 16.9 Å². The zero-order valence-corrected chi connectivity index (χ0v) is 10.5. The van der Waals surface area contributed by atoms with Gasteiger partial charge in [0.15, 0.2) is 5.11 Å². The lowest BCUT2D eigenvalue weighted by atomic mass is 9.96. The maximum atomic E-state index is 11.7. The van der Waals surface area contributed by atoms with E-state index in [2.05, 4.69) is 10.6 Å². The molecule has 0 unspecified atom stereocenters. The van der Waals surface area contributed by atoms with E-state index >= 15 is 0 Å². The molecule has 18 heavy (non-hydrogen) atoms. The van der Waals surface area contributed by atoms with Crippen molar-refractivity contribution < 1.29 is 14.3 Å². The summed E-state index contributed by atoms with van der Waals surface area (Å²) in [5.74, 6) is -0.735. The van der Waals surface area contributed by atoms with Crippen LogP contribution in [0.2, 0.25) is 0 Å². The van der Waals surface area contributed by atoms with Crippen molar-refractivity contribution in [2.75, 3.05) is 7.11 Å². The van der Waals surface area contributed by atoms with Crippen molar-refractivity contribution in [2.45, 2.75) is 6.42 Å². The van der Waals surface area contributed by atoms with Crippen LogP contribution in [0.4, 0.5) is 0 Å². The van der Waals surface area contributed by atoms with Crippen LogP contribution >= 0.6 is 12.2 Å². The molecule has 1 aromatic carbocycles.